The fourth-order valence-corrected chi connectivity index (χ4v) is 4.23. The van der Waals surface area contributed by atoms with E-state index in [9.17, 15) is 17.6 Å². The van der Waals surface area contributed by atoms with Crippen LogP contribution >= 0.6 is 0 Å². The molecule has 0 fully saturated rings. The van der Waals surface area contributed by atoms with Crippen LogP contribution in [0.4, 0.5) is 10.1 Å². The smallest absolute Gasteiger partial charge is 0.264 e. The maximum atomic E-state index is 13.9. The van der Waals surface area contributed by atoms with Crippen LogP contribution in [0, 0.1) is 12.7 Å². The van der Waals surface area contributed by atoms with Crippen molar-refractivity contribution in [3.05, 3.63) is 101 Å². The molecule has 0 atom stereocenters. The zero-order valence-electron chi connectivity index (χ0n) is 15.8. The molecule has 0 heterocycles. The molecular weight excluding hydrogens is 389 g/mol. The molecule has 0 aliphatic carbocycles. The van der Waals surface area contributed by atoms with E-state index in [4.69, 9.17) is 0 Å². The Morgan fingerprint density at radius 2 is 1.69 bits per heavy atom. The zero-order chi connectivity index (χ0) is 20.9. The predicted molar refractivity (Wildman–Crippen MR) is 113 cm³/mol. The molecule has 3 aromatic carbocycles. The Bertz CT molecular complexity index is 1140. The lowest BCUT2D eigenvalue weighted by Crippen LogP contribution is -2.31. The number of benzene rings is 3. The summed E-state index contributed by atoms with van der Waals surface area (Å²) in [4.78, 5) is 11.3. The van der Waals surface area contributed by atoms with Crippen molar-refractivity contribution in [1.29, 1.82) is 0 Å². The second-order valence-electron chi connectivity index (χ2n) is 6.49. The van der Waals surface area contributed by atoms with E-state index in [1.165, 1.54) is 22.5 Å². The second kappa shape index (κ2) is 8.84. The summed E-state index contributed by atoms with van der Waals surface area (Å²) in [5.74, 6) is -0.389. The van der Waals surface area contributed by atoms with E-state index in [-0.39, 0.29) is 17.3 Å². The normalized spacial score (nSPS) is 11.5. The Hall–Kier alpha value is -3.25. The van der Waals surface area contributed by atoms with Gasteiger partial charge in [-0.25, -0.2) is 12.8 Å². The van der Waals surface area contributed by atoms with Crippen molar-refractivity contribution < 1.29 is 17.6 Å². The van der Waals surface area contributed by atoms with Gasteiger partial charge in [-0.1, -0.05) is 60.2 Å². The van der Waals surface area contributed by atoms with Crippen LogP contribution in [0.1, 0.15) is 21.5 Å². The van der Waals surface area contributed by atoms with Crippen LogP contribution in [0.25, 0.3) is 6.08 Å². The summed E-state index contributed by atoms with van der Waals surface area (Å²) in [6.45, 7) is 1.85. The molecule has 0 radical (unpaired) electrons. The van der Waals surface area contributed by atoms with Crippen molar-refractivity contribution in [2.75, 3.05) is 10.8 Å². The first kappa shape index (κ1) is 20.5. The molecule has 0 amide bonds. The Morgan fingerprint density at radius 1 is 0.966 bits per heavy atom. The molecule has 6 heteroatoms. The van der Waals surface area contributed by atoms with Crippen LogP contribution in [0.15, 0.2) is 83.8 Å². The van der Waals surface area contributed by atoms with Gasteiger partial charge in [-0.3, -0.25) is 9.10 Å². The highest BCUT2D eigenvalue weighted by atomic mass is 32.2. The molecule has 0 unspecified atom stereocenters. The van der Waals surface area contributed by atoms with Gasteiger partial charge in [-0.05, 0) is 37.3 Å². The van der Waals surface area contributed by atoms with Crippen LogP contribution < -0.4 is 4.31 Å². The van der Waals surface area contributed by atoms with Gasteiger partial charge in [0, 0.05) is 11.1 Å². The molecule has 0 aliphatic heterocycles. The summed E-state index contributed by atoms with van der Waals surface area (Å²) < 4.78 is 41.6. The molecule has 4 nitrogen and oxygen atoms in total. The number of aldehydes is 1. The number of nitrogens with zero attached hydrogens (tertiary/aromatic N) is 1. The number of aryl methyl sites for hydroxylation is 1. The van der Waals surface area contributed by atoms with Crippen molar-refractivity contribution in [3.63, 3.8) is 0 Å². The third kappa shape index (κ3) is 4.78. The minimum absolute atomic E-state index is 0.0210. The first-order valence-corrected chi connectivity index (χ1v) is 10.4. The SMILES string of the molecule is Cc1ccc(S(=O)(=O)N(C/C=C/c2ccccc2F)c2cccc(C=O)c2)cc1. The monoisotopic (exact) mass is 409 g/mol. The molecule has 0 bridgehead atoms. The van der Waals surface area contributed by atoms with E-state index >= 15 is 0 Å². The molecule has 0 spiro atoms. The largest absolute Gasteiger partial charge is 0.298 e. The maximum Gasteiger partial charge on any atom is 0.264 e. The molecule has 3 aromatic rings. The summed E-state index contributed by atoms with van der Waals surface area (Å²) >= 11 is 0. The average molecular weight is 409 g/mol. The van der Waals surface area contributed by atoms with Crippen molar-refractivity contribution in [2.45, 2.75) is 11.8 Å². The zero-order valence-corrected chi connectivity index (χ0v) is 16.6. The molecule has 148 valence electrons. The fourth-order valence-electron chi connectivity index (χ4n) is 2.82. The highest BCUT2D eigenvalue weighted by Crippen LogP contribution is 2.25. The number of hydrogen-bond donors (Lipinski definition) is 0. The van der Waals surface area contributed by atoms with Crippen molar-refractivity contribution >= 4 is 28.1 Å². The summed E-state index contributed by atoms with van der Waals surface area (Å²) in [5, 5.41) is 0. The van der Waals surface area contributed by atoms with Gasteiger partial charge >= 0.3 is 0 Å². The highest BCUT2D eigenvalue weighted by molar-refractivity contribution is 7.92. The number of sulfonamides is 1. The third-order valence-corrected chi connectivity index (χ3v) is 6.19. The predicted octanol–water partition coefficient (Wildman–Crippen LogP) is 4.86. The van der Waals surface area contributed by atoms with Gasteiger partial charge in [0.1, 0.15) is 12.1 Å². The fraction of sp³-hybridized carbons (Fsp3) is 0.0870. The second-order valence-corrected chi connectivity index (χ2v) is 8.35. The number of carbonyl (C=O) groups is 1. The molecule has 0 aliphatic rings. The average Bonchev–Trinajstić information content (AvgIpc) is 2.72. The first-order valence-electron chi connectivity index (χ1n) is 8.97. The van der Waals surface area contributed by atoms with Crippen molar-refractivity contribution in [2.24, 2.45) is 0 Å². The summed E-state index contributed by atoms with van der Waals surface area (Å²) in [6.07, 6.45) is 3.78. The van der Waals surface area contributed by atoms with Gasteiger partial charge in [0.05, 0.1) is 17.1 Å². The molecule has 29 heavy (non-hydrogen) atoms. The minimum Gasteiger partial charge on any atom is -0.298 e. The lowest BCUT2D eigenvalue weighted by Gasteiger charge is -2.23. The minimum atomic E-state index is -3.89. The van der Waals surface area contributed by atoms with Crippen molar-refractivity contribution in [1.82, 2.24) is 0 Å². The van der Waals surface area contributed by atoms with Gasteiger partial charge in [0.2, 0.25) is 0 Å². The highest BCUT2D eigenvalue weighted by Gasteiger charge is 2.24. The third-order valence-electron chi connectivity index (χ3n) is 4.38. The number of rotatable bonds is 7. The molecule has 0 saturated carbocycles. The number of hydrogen-bond acceptors (Lipinski definition) is 3. The Kier molecular flexibility index (Phi) is 6.24. The Labute approximate surface area is 170 Å². The van der Waals surface area contributed by atoms with E-state index < -0.39 is 10.0 Å². The summed E-state index contributed by atoms with van der Waals surface area (Å²) in [6, 6.07) is 19.1. The molecule has 0 aromatic heterocycles. The lowest BCUT2D eigenvalue weighted by molar-refractivity contribution is 0.112. The van der Waals surface area contributed by atoms with Crippen molar-refractivity contribution in [3.8, 4) is 0 Å². The van der Waals surface area contributed by atoms with E-state index in [2.05, 4.69) is 0 Å². The number of halogens is 1. The van der Waals surface area contributed by atoms with E-state index in [0.29, 0.717) is 23.1 Å². The number of anilines is 1. The number of carbonyl (C=O) groups excluding carboxylic acids is 1. The van der Waals surface area contributed by atoms with Crippen LogP contribution in [0.5, 0.6) is 0 Å². The van der Waals surface area contributed by atoms with Gasteiger partial charge < -0.3 is 0 Å². The maximum absolute atomic E-state index is 13.9. The molecule has 0 N–H and O–H groups in total. The van der Waals surface area contributed by atoms with Crippen LogP contribution in [-0.2, 0) is 10.0 Å². The van der Waals surface area contributed by atoms with E-state index in [0.717, 1.165) is 5.56 Å². The topological polar surface area (TPSA) is 54.5 Å². The van der Waals surface area contributed by atoms with Gasteiger partial charge in [0.25, 0.3) is 10.0 Å². The Morgan fingerprint density at radius 3 is 2.38 bits per heavy atom. The first-order chi connectivity index (χ1) is 13.9. The van der Waals surface area contributed by atoms with Gasteiger partial charge in [0.15, 0.2) is 0 Å². The van der Waals surface area contributed by atoms with E-state index in [1.54, 1.807) is 66.7 Å². The van der Waals surface area contributed by atoms with E-state index in [1.807, 2.05) is 6.92 Å². The van der Waals surface area contributed by atoms with Gasteiger partial charge in [-0.2, -0.15) is 0 Å². The summed E-state index contributed by atoms with van der Waals surface area (Å²) in [7, 11) is -3.89. The quantitative estimate of drug-likeness (QED) is 0.524. The van der Waals surface area contributed by atoms with Crippen LogP contribution in [0.3, 0.4) is 0 Å². The van der Waals surface area contributed by atoms with Gasteiger partial charge in [-0.15, -0.1) is 0 Å². The lowest BCUT2D eigenvalue weighted by atomic mass is 10.2. The molecule has 0 saturated heterocycles. The summed E-state index contributed by atoms with van der Waals surface area (Å²) in [5.41, 5.74) is 2.03. The standard InChI is InChI=1S/C23H20FNO3S/c1-18-11-13-22(14-12-18)29(27,28)25(21-9-4-6-19(16-21)17-26)15-5-8-20-7-2-3-10-23(20)24/h2-14,16-17H,15H2,1H3/b8-5+. The van der Waals surface area contributed by atoms with Crippen LogP contribution in [-0.4, -0.2) is 21.2 Å². The molecular formula is C23H20FNO3S. The Balaban J connectivity index is 2.00. The van der Waals surface area contributed by atoms with Crippen LogP contribution in [0.2, 0.25) is 0 Å². The molecule has 3 rings (SSSR count).